The molecule has 0 fully saturated rings. The van der Waals surface area contributed by atoms with Crippen LogP contribution in [0.2, 0.25) is 0 Å². The number of nitrogens with one attached hydrogen (secondary N) is 2. The number of anilines is 2. The van der Waals surface area contributed by atoms with Crippen LogP contribution >= 0.6 is 11.3 Å². The lowest BCUT2D eigenvalue weighted by atomic mass is 10.1. The SMILES string of the molecule is O=C(CCCc1cccs1)Nc1ccc(NC(=O)c2ccco2)cc1C(F)(F)F. The summed E-state index contributed by atoms with van der Waals surface area (Å²) >= 11 is 1.57. The third-order valence-corrected chi connectivity index (χ3v) is 4.95. The normalized spacial score (nSPS) is 11.3. The molecule has 0 atom stereocenters. The number of alkyl halides is 3. The Kier molecular flexibility index (Phi) is 6.38. The topological polar surface area (TPSA) is 71.3 Å². The summed E-state index contributed by atoms with van der Waals surface area (Å²) < 4.78 is 45.3. The van der Waals surface area contributed by atoms with Crippen molar-refractivity contribution in [1.82, 2.24) is 0 Å². The molecule has 152 valence electrons. The molecule has 1 aromatic carbocycles. The van der Waals surface area contributed by atoms with Crippen molar-refractivity contribution in [2.45, 2.75) is 25.4 Å². The number of thiophene rings is 1. The van der Waals surface area contributed by atoms with E-state index in [2.05, 4.69) is 10.6 Å². The number of benzene rings is 1. The van der Waals surface area contributed by atoms with Gasteiger partial charge < -0.3 is 15.1 Å². The van der Waals surface area contributed by atoms with Crippen molar-refractivity contribution < 1.29 is 27.2 Å². The van der Waals surface area contributed by atoms with Crippen LogP contribution in [0.4, 0.5) is 24.5 Å². The van der Waals surface area contributed by atoms with Crippen molar-refractivity contribution in [1.29, 1.82) is 0 Å². The van der Waals surface area contributed by atoms with Crippen LogP contribution in [0, 0.1) is 0 Å². The molecule has 0 saturated heterocycles. The highest BCUT2D eigenvalue weighted by Gasteiger charge is 2.34. The van der Waals surface area contributed by atoms with E-state index >= 15 is 0 Å². The molecule has 5 nitrogen and oxygen atoms in total. The molecular weight excluding hydrogens is 405 g/mol. The Labute approximate surface area is 168 Å². The second-order valence-corrected chi connectivity index (χ2v) is 7.20. The monoisotopic (exact) mass is 422 g/mol. The van der Waals surface area contributed by atoms with Gasteiger partial charge in [0.25, 0.3) is 5.91 Å². The highest BCUT2D eigenvalue weighted by molar-refractivity contribution is 7.09. The Morgan fingerprint density at radius 3 is 2.55 bits per heavy atom. The molecule has 2 N–H and O–H groups in total. The smallest absolute Gasteiger partial charge is 0.418 e. The van der Waals surface area contributed by atoms with E-state index in [9.17, 15) is 22.8 Å². The second-order valence-electron chi connectivity index (χ2n) is 6.17. The van der Waals surface area contributed by atoms with Crippen LogP contribution in [-0.2, 0) is 17.4 Å². The molecule has 2 heterocycles. The average molecular weight is 422 g/mol. The summed E-state index contributed by atoms with van der Waals surface area (Å²) in [5.74, 6) is -1.20. The quantitative estimate of drug-likeness (QED) is 0.523. The summed E-state index contributed by atoms with van der Waals surface area (Å²) in [6.07, 6.45) is -2.09. The highest BCUT2D eigenvalue weighted by Crippen LogP contribution is 2.36. The number of furan rings is 1. The Balaban J connectivity index is 1.67. The first-order chi connectivity index (χ1) is 13.8. The van der Waals surface area contributed by atoms with E-state index in [1.807, 2.05) is 17.5 Å². The zero-order chi connectivity index (χ0) is 20.9. The van der Waals surface area contributed by atoms with E-state index in [0.717, 1.165) is 17.0 Å². The van der Waals surface area contributed by atoms with Gasteiger partial charge in [0.15, 0.2) is 5.76 Å². The molecule has 9 heteroatoms. The molecule has 29 heavy (non-hydrogen) atoms. The van der Waals surface area contributed by atoms with Crippen LogP contribution in [-0.4, -0.2) is 11.8 Å². The summed E-state index contributed by atoms with van der Waals surface area (Å²) in [6.45, 7) is 0. The van der Waals surface area contributed by atoms with Crippen molar-refractivity contribution in [3.8, 4) is 0 Å². The number of rotatable bonds is 7. The predicted octanol–water partition coefficient (Wildman–Crippen LogP) is 5.57. The van der Waals surface area contributed by atoms with Gasteiger partial charge in [-0.05, 0) is 54.6 Å². The average Bonchev–Trinajstić information content (AvgIpc) is 3.36. The maximum absolute atomic E-state index is 13.4. The van der Waals surface area contributed by atoms with E-state index in [-0.39, 0.29) is 23.6 Å². The van der Waals surface area contributed by atoms with Gasteiger partial charge in [-0.1, -0.05) is 6.07 Å². The Morgan fingerprint density at radius 2 is 1.90 bits per heavy atom. The lowest BCUT2D eigenvalue weighted by Gasteiger charge is -2.15. The molecule has 0 aliphatic heterocycles. The minimum absolute atomic E-state index is 0.0262. The van der Waals surface area contributed by atoms with E-state index in [4.69, 9.17) is 4.42 Å². The summed E-state index contributed by atoms with van der Waals surface area (Å²) in [6, 6.07) is 9.93. The fourth-order valence-corrected chi connectivity index (χ4v) is 3.41. The van der Waals surface area contributed by atoms with E-state index in [1.54, 1.807) is 11.3 Å². The fourth-order valence-electron chi connectivity index (χ4n) is 2.66. The molecule has 0 aliphatic carbocycles. The van der Waals surface area contributed by atoms with Crippen molar-refractivity contribution in [3.63, 3.8) is 0 Å². The van der Waals surface area contributed by atoms with Gasteiger partial charge in [-0.15, -0.1) is 11.3 Å². The molecule has 0 bridgehead atoms. The molecule has 2 aromatic heterocycles. The largest absolute Gasteiger partial charge is 0.459 e. The number of carbonyl (C=O) groups excluding carboxylic acids is 2. The minimum Gasteiger partial charge on any atom is -0.459 e. The van der Waals surface area contributed by atoms with Crippen LogP contribution < -0.4 is 10.6 Å². The van der Waals surface area contributed by atoms with Crippen molar-refractivity contribution in [2.75, 3.05) is 10.6 Å². The maximum atomic E-state index is 13.4. The first-order valence-electron chi connectivity index (χ1n) is 8.71. The third-order valence-electron chi connectivity index (χ3n) is 4.01. The van der Waals surface area contributed by atoms with Gasteiger partial charge >= 0.3 is 6.18 Å². The lowest BCUT2D eigenvalue weighted by molar-refractivity contribution is -0.136. The number of aryl methyl sites for hydroxylation is 1. The first kappa shape index (κ1) is 20.7. The zero-order valence-electron chi connectivity index (χ0n) is 15.1. The van der Waals surface area contributed by atoms with Crippen LogP contribution in [0.15, 0.2) is 58.5 Å². The van der Waals surface area contributed by atoms with Gasteiger partial charge in [0.2, 0.25) is 5.91 Å². The third kappa shape index (κ3) is 5.71. The number of halogens is 3. The van der Waals surface area contributed by atoms with E-state index in [1.165, 1.54) is 24.5 Å². The zero-order valence-corrected chi connectivity index (χ0v) is 15.9. The molecule has 3 rings (SSSR count). The first-order valence-corrected chi connectivity index (χ1v) is 9.59. The maximum Gasteiger partial charge on any atom is 0.418 e. The molecule has 0 unspecified atom stereocenters. The van der Waals surface area contributed by atoms with Crippen LogP contribution in [0.5, 0.6) is 0 Å². The van der Waals surface area contributed by atoms with Crippen LogP contribution in [0.25, 0.3) is 0 Å². The number of carbonyl (C=O) groups is 2. The molecule has 0 saturated carbocycles. The van der Waals surface area contributed by atoms with Gasteiger partial charge in [-0.2, -0.15) is 13.2 Å². The van der Waals surface area contributed by atoms with E-state index in [0.29, 0.717) is 12.8 Å². The van der Waals surface area contributed by atoms with Crippen LogP contribution in [0.1, 0.15) is 33.8 Å². The molecule has 3 aromatic rings. The summed E-state index contributed by atoms with van der Waals surface area (Å²) in [4.78, 5) is 25.2. The van der Waals surface area contributed by atoms with Crippen molar-refractivity contribution in [3.05, 3.63) is 70.3 Å². The predicted molar refractivity (Wildman–Crippen MR) is 104 cm³/mol. The fraction of sp³-hybridized carbons (Fsp3) is 0.200. The molecule has 2 amide bonds. The Hall–Kier alpha value is -3.07. The highest BCUT2D eigenvalue weighted by atomic mass is 32.1. The molecule has 0 spiro atoms. The van der Waals surface area contributed by atoms with Crippen molar-refractivity contribution in [2.24, 2.45) is 0 Å². The second kappa shape index (κ2) is 8.95. The summed E-state index contributed by atoms with van der Waals surface area (Å²) in [5.41, 5.74) is -1.45. The van der Waals surface area contributed by atoms with E-state index < -0.39 is 23.6 Å². The number of hydrogen-bond donors (Lipinski definition) is 2. The lowest BCUT2D eigenvalue weighted by Crippen LogP contribution is -2.17. The van der Waals surface area contributed by atoms with Gasteiger partial charge in [-0.3, -0.25) is 9.59 Å². The van der Waals surface area contributed by atoms with Gasteiger partial charge in [-0.25, -0.2) is 0 Å². The van der Waals surface area contributed by atoms with Gasteiger partial charge in [0.1, 0.15) is 0 Å². The summed E-state index contributed by atoms with van der Waals surface area (Å²) in [7, 11) is 0. The molecule has 0 radical (unpaired) electrons. The number of amides is 2. The molecular formula is C20H17F3N2O3S. The van der Waals surface area contributed by atoms with Crippen LogP contribution in [0.3, 0.4) is 0 Å². The summed E-state index contributed by atoms with van der Waals surface area (Å²) in [5, 5.41) is 6.59. The Morgan fingerprint density at radius 1 is 1.07 bits per heavy atom. The standard InChI is InChI=1S/C20H17F3N2O3S/c21-20(22,23)15-12-13(24-19(27)17-6-2-10-28-17)8-9-16(15)25-18(26)7-1-4-14-5-3-11-29-14/h2-3,5-6,8-12H,1,4,7H2,(H,24,27)(H,25,26). The minimum atomic E-state index is -4.70. The van der Waals surface area contributed by atoms with Gasteiger partial charge in [0.05, 0.1) is 17.5 Å². The van der Waals surface area contributed by atoms with Gasteiger partial charge in [0, 0.05) is 17.0 Å². The molecule has 0 aliphatic rings. The number of hydrogen-bond acceptors (Lipinski definition) is 4. The Bertz CT molecular complexity index is 968. The van der Waals surface area contributed by atoms with Crippen molar-refractivity contribution >= 4 is 34.5 Å².